The number of aliphatic imine (C=N–C) groups is 1. The highest BCUT2D eigenvalue weighted by Gasteiger charge is 2.20. The van der Waals surface area contributed by atoms with E-state index in [4.69, 9.17) is 9.26 Å². The maximum atomic E-state index is 11.8. The molecule has 0 atom stereocenters. The van der Waals surface area contributed by atoms with Crippen molar-refractivity contribution in [1.82, 2.24) is 25.6 Å². The molecule has 26 heavy (non-hydrogen) atoms. The number of guanidine groups is 1. The van der Waals surface area contributed by atoms with Gasteiger partial charge in [0.1, 0.15) is 12.3 Å². The minimum absolute atomic E-state index is 0.0995. The summed E-state index contributed by atoms with van der Waals surface area (Å²) in [6.07, 6.45) is 0. The van der Waals surface area contributed by atoms with Gasteiger partial charge >= 0.3 is 0 Å². The topological polar surface area (TPSA) is 95.2 Å². The number of carbonyl (C=O) groups is 1. The van der Waals surface area contributed by atoms with Gasteiger partial charge < -0.3 is 24.8 Å². The highest BCUT2D eigenvalue weighted by atomic mass is 16.5. The average molecular weight is 366 g/mol. The third-order valence-corrected chi connectivity index (χ3v) is 4.07. The molecule has 1 fully saturated rings. The highest BCUT2D eigenvalue weighted by Crippen LogP contribution is 2.09. The normalized spacial score (nSPS) is 16.0. The van der Waals surface area contributed by atoms with Crippen LogP contribution in [0, 0.1) is 6.92 Å². The molecule has 9 nitrogen and oxygen atoms in total. The van der Waals surface area contributed by atoms with Gasteiger partial charge in [0.25, 0.3) is 0 Å². The van der Waals surface area contributed by atoms with Gasteiger partial charge in [0, 0.05) is 59.0 Å². The lowest BCUT2D eigenvalue weighted by molar-refractivity contribution is -0.119. The number of piperazine rings is 1. The van der Waals surface area contributed by atoms with Gasteiger partial charge in [0.2, 0.25) is 5.91 Å². The second-order valence-corrected chi connectivity index (χ2v) is 6.21. The Morgan fingerprint density at radius 1 is 1.35 bits per heavy atom. The number of aryl methyl sites for hydroxylation is 1. The molecule has 9 heteroatoms. The van der Waals surface area contributed by atoms with Crippen LogP contribution in [0.15, 0.2) is 15.6 Å². The first-order chi connectivity index (χ1) is 12.6. The molecule has 0 aliphatic carbocycles. The van der Waals surface area contributed by atoms with E-state index in [-0.39, 0.29) is 12.5 Å². The Labute approximate surface area is 154 Å². The monoisotopic (exact) mass is 366 g/mol. The second-order valence-electron chi connectivity index (χ2n) is 6.21. The summed E-state index contributed by atoms with van der Waals surface area (Å²) < 4.78 is 10.0. The van der Waals surface area contributed by atoms with E-state index in [0.29, 0.717) is 13.2 Å². The molecule has 1 saturated heterocycles. The van der Waals surface area contributed by atoms with Crippen LogP contribution in [0.5, 0.6) is 0 Å². The van der Waals surface area contributed by atoms with Crippen LogP contribution in [0.2, 0.25) is 0 Å². The molecule has 0 radical (unpaired) electrons. The fourth-order valence-electron chi connectivity index (χ4n) is 2.76. The zero-order valence-corrected chi connectivity index (χ0v) is 16.0. The Kier molecular flexibility index (Phi) is 8.36. The summed E-state index contributed by atoms with van der Waals surface area (Å²) in [4.78, 5) is 20.8. The van der Waals surface area contributed by atoms with E-state index in [2.05, 4.69) is 30.6 Å². The smallest absolute Gasteiger partial charge is 0.241 e. The van der Waals surface area contributed by atoms with E-state index in [9.17, 15) is 4.79 Å². The van der Waals surface area contributed by atoms with Crippen molar-refractivity contribution in [3.05, 3.63) is 17.5 Å². The van der Waals surface area contributed by atoms with Gasteiger partial charge in [-0.3, -0.25) is 9.69 Å². The second kappa shape index (κ2) is 10.8. The van der Waals surface area contributed by atoms with Gasteiger partial charge in [-0.2, -0.15) is 0 Å². The van der Waals surface area contributed by atoms with Gasteiger partial charge in [0.05, 0.1) is 12.3 Å². The van der Waals surface area contributed by atoms with E-state index < -0.39 is 0 Å². The predicted molar refractivity (Wildman–Crippen MR) is 99.0 cm³/mol. The van der Waals surface area contributed by atoms with Crippen LogP contribution in [0.1, 0.15) is 18.4 Å². The molecule has 1 aliphatic rings. The zero-order chi connectivity index (χ0) is 18.8. The fourth-order valence-corrected chi connectivity index (χ4v) is 2.76. The lowest BCUT2D eigenvalue weighted by Crippen LogP contribution is -2.52. The fraction of sp³-hybridized carbons (Fsp3) is 0.706. The summed E-state index contributed by atoms with van der Waals surface area (Å²) in [5, 5.41) is 10.1. The number of nitrogens with one attached hydrogen (secondary N) is 2. The highest BCUT2D eigenvalue weighted by molar-refractivity contribution is 5.85. The summed E-state index contributed by atoms with van der Waals surface area (Å²) in [7, 11) is 1.61. The van der Waals surface area contributed by atoms with Gasteiger partial charge in [-0.15, -0.1) is 0 Å². The Morgan fingerprint density at radius 3 is 2.73 bits per heavy atom. The van der Waals surface area contributed by atoms with Crippen LogP contribution in [-0.4, -0.2) is 86.4 Å². The third-order valence-electron chi connectivity index (χ3n) is 4.07. The van der Waals surface area contributed by atoms with Crippen molar-refractivity contribution in [2.75, 3.05) is 59.5 Å². The summed E-state index contributed by atoms with van der Waals surface area (Å²) in [6.45, 7) is 10.1. The van der Waals surface area contributed by atoms with Crippen molar-refractivity contribution >= 4 is 11.9 Å². The molecule has 0 saturated carbocycles. The lowest BCUT2D eigenvalue weighted by atomic mass is 10.3. The zero-order valence-electron chi connectivity index (χ0n) is 16.0. The van der Waals surface area contributed by atoms with Crippen LogP contribution in [0.3, 0.4) is 0 Å². The van der Waals surface area contributed by atoms with Crippen molar-refractivity contribution in [3.63, 3.8) is 0 Å². The van der Waals surface area contributed by atoms with Crippen molar-refractivity contribution in [3.8, 4) is 0 Å². The number of carbonyl (C=O) groups excluding carboxylic acids is 1. The number of rotatable bonds is 8. The number of amides is 1. The predicted octanol–water partition coefficient (Wildman–Crippen LogP) is -0.171. The molecule has 1 aliphatic heterocycles. The summed E-state index contributed by atoms with van der Waals surface area (Å²) in [6, 6.07) is 1.97. The van der Waals surface area contributed by atoms with Crippen molar-refractivity contribution in [2.24, 2.45) is 4.99 Å². The quantitative estimate of drug-likeness (QED) is 0.375. The first kappa shape index (κ1) is 20.2. The summed E-state index contributed by atoms with van der Waals surface area (Å²) >= 11 is 0. The molecule has 1 amide bonds. The average Bonchev–Trinajstić information content (AvgIpc) is 3.04. The molecule has 0 aromatic carbocycles. The molecule has 0 spiro atoms. The van der Waals surface area contributed by atoms with Crippen LogP contribution in [-0.2, 0) is 16.1 Å². The maximum absolute atomic E-state index is 11.8. The molecule has 146 valence electrons. The van der Waals surface area contributed by atoms with E-state index in [1.54, 1.807) is 7.11 Å². The van der Waals surface area contributed by atoms with Gasteiger partial charge in [-0.25, -0.2) is 4.99 Å². The van der Waals surface area contributed by atoms with Crippen LogP contribution in [0.4, 0.5) is 0 Å². The number of hydrogen-bond acceptors (Lipinski definition) is 6. The largest absolute Gasteiger partial charge is 0.383 e. The van der Waals surface area contributed by atoms with E-state index in [1.807, 2.05) is 19.9 Å². The minimum atomic E-state index is -0.0995. The molecule has 2 rings (SSSR count). The first-order valence-corrected chi connectivity index (χ1v) is 9.05. The van der Waals surface area contributed by atoms with Crippen LogP contribution < -0.4 is 10.6 Å². The molecule has 0 bridgehead atoms. The molecule has 0 unspecified atom stereocenters. The first-order valence-electron chi connectivity index (χ1n) is 9.05. The van der Waals surface area contributed by atoms with E-state index in [1.165, 1.54) is 0 Å². The Bertz CT molecular complexity index is 581. The number of ether oxygens (including phenoxy) is 1. The minimum Gasteiger partial charge on any atom is -0.383 e. The van der Waals surface area contributed by atoms with Crippen molar-refractivity contribution in [2.45, 2.75) is 20.4 Å². The maximum Gasteiger partial charge on any atom is 0.241 e. The Hall–Kier alpha value is -2.13. The van der Waals surface area contributed by atoms with E-state index in [0.717, 1.165) is 56.7 Å². The van der Waals surface area contributed by atoms with Gasteiger partial charge in [-0.1, -0.05) is 5.16 Å². The molecule has 2 N–H and O–H groups in total. The van der Waals surface area contributed by atoms with E-state index >= 15 is 0 Å². The Morgan fingerprint density at radius 2 is 2.12 bits per heavy atom. The van der Waals surface area contributed by atoms with Crippen LogP contribution >= 0.6 is 0 Å². The van der Waals surface area contributed by atoms with Gasteiger partial charge in [0.15, 0.2) is 5.96 Å². The standard InChI is InChI=1S/C17H30N6O3/c1-4-18-17(20-12-16(24)19-5-10-25-3)23-8-6-22(7-9-23)13-15-11-14(2)26-21-15/h11H,4-10,12-13H2,1-3H3,(H,18,20)(H,19,24). The van der Waals surface area contributed by atoms with Gasteiger partial charge in [-0.05, 0) is 13.8 Å². The number of nitrogens with zero attached hydrogens (tertiary/aromatic N) is 4. The lowest BCUT2D eigenvalue weighted by Gasteiger charge is -2.36. The Balaban J connectivity index is 1.80. The molecular formula is C17H30N6O3. The summed E-state index contributed by atoms with van der Waals surface area (Å²) in [5.74, 6) is 1.52. The summed E-state index contributed by atoms with van der Waals surface area (Å²) in [5.41, 5.74) is 0.962. The number of methoxy groups -OCH3 is 1. The third kappa shape index (κ3) is 6.64. The van der Waals surface area contributed by atoms with Crippen LogP contribution in [0.25, 0.3) is 0 Å². The molecule has 2 heterocycles. The number of hydrogen-bond donors (Lipinski definition) is 2. The van der Waals surface area contributed by atoms with Crippen molar-refractivity contribution < 1.29 is 14.1 Å². The molecule has 1 aromatic rings. The SMILES string of the molecule is CCNC(=NCC(=O)NCCOC)N1CCN(Cc2cc(C)on2)CC1. The van der Waals surface area contributed by atoms with Crippen molar-refractivity contribution in [1.29, 1.82) is 0 Å². The molecule has 1 aromatic heterocycles. The molecular weight excluding hydrogens is 336 g/mol. The number of aromatic nitrogens is 1.